The second-order valence-electron chi connectivity index (χ2n) is 6.41. The molecule has 9 nitrogen and oxygen atoms in total. The van der Waals surface area contributed by atoms with E-state index in [9.17, 15) is 19.5 Å². The van der Waals surface area contributed by atoms with E-state index in [2.05, 4.69) is 15.6 Å². The van der Waals surface area contributed by atoms with Crippen molar-refractivity contribution in [3.8, 4) is 11.1 Å². The molecule has 0 unspecified atom stereocenters. The van der Waals surface area contributed by atoms with Crippen LogP contribution in [-0.2, 0) is 7.05 Å². The maximum absolute atomic E-state index is 12.8. The van der Waals surface area contributed by atoms with E-state index in [1.807, 2.05) is 0 Å². The second-order valence-corrected chi connectivity index (χ2v) is 6.80. The number of carbonyl (C=O) groups excluding carboxylic acids is 1. The van der Waals surface area contributed by atoms with Crippen molar-refractivity contribution in [1.29, 1.82) is 0 Å². The lowest BCUT2D eigenvalue weighted by Crippen LogP contribution is -2.18. The number of carboxylic acid groups (broad SMARTS) is 1. The zero-order valence-corrected chi connectivity index (χ0v) is 17.2. The SMILES string of the molecule is CCNc1c(C(=O)Nc2ccc(-c3c(C)on(C)c3=O)cc2)cc(Cl)nc1C(=O)O. The van der Waals surface area contributed by atoms with Crippen LogP contribution in [0.4, 0.5) is 11.4 Å². The summed E-state index contributed by atoms with van der Waals surface area (Å²) in [6.07, 6.45) is 0. The summed E-state index contributed by atoms with van der Waals surface area (Å²) in [6.45, 7) is 3.85. The number of aromatic carboxylic acids is 1. The summed E-state index contributed by atoms with van der Waals surface area (Å²) in [5.41, 5.74) is 1.08. The van der Waals surface area contributed by atoms with Crippen LogP contribution in [0.5, 0.6) is 0 Å². The summed E-state index contributed by atoms with van der Waals surface area (Å²) in [5, 5.41) is 14.8. The van der Waals surface area contributed by atoms with Gasteiger partial charge in [0.05, 0.1) is 16.8 Å². The lowest BCUT2D eigenvalue weighted by molar-refractivity contribution is 0.0691. The van der Waals surface area contributed by atoms with Gasteiger partial charge in [-0.3, -0.25) is 9.59 Å². The molecule has 2 heterocycles. The Morgan fingerprint density at radius 3 is 2.47 bits per heavy atom. The van der Waals surface area contributed by atoms with E-state index >= 15 is 0 Å². The van der Waals surface area contributed by atoms with Gasteiger partial charge in [0.15, 0.2) is 5.69 Å². The standard InChI is InChI=1S/C20H19ClN4O5/c1-4-22-16-13(9-14(21)24-17(16)20(28)29)18(26)23-12-7-5-11(6-8-12)15-10(2)30-25(3)19(15)27/h5-9,22H,4H2,1-3H3,(H,23,26)(H,28,29). The molecule has 0 radical (unpaired) electrons. The molecule has 0 saturated carbocycles. The predicted molar refractivity (Wildman–Crippen MR) is 112 cm³/mol. The molecule has 10 heteroatoms. The molecule has 3 N–H and O–H groups in total. The molecule has 3 aromatic rings. The average Bonchev–Trinajstić information content (AvgIpc) is 2.95. The molecule has 0 aliphatic carbocycles. The minimum Gasteiger partial charge on any atom is -0.476 e. The second kappa shape index (κ2) is 8.42. The van der Waals surface area contributed by atoms with E-state index in [0.717, 1.165) is 4.74 Å². The summed E-state index contributed by atoms with van der Waals surface area (Å²) in [7, 11) is 1.53. The molecule has 0 fully saturated rings. The van der Waals surface area contributed by atoms with Crippen molar-refractivity contribution in [2.45, 2.75) is 13.8 Å². The van der Waals surface area contributed by atoms with Gasteiger partial charge in [-0.1, -0.05) is 23.7 Å². The molecular weight excluding hydrogens is 412 g/mol. The first-order chi connectivity index (χ1) is 14.2. The summed E-state index contributed by atoms with van der Waals surface area (Å²) in [4.78, 5) is 40.3. The molecule has 3 rings (SSSR count). The number of benzene rings is 1. The summed E-state index contributed by atoms with van der Waals surface area (Å²) >= 11 is 5.91. The molecule has 1 aromatic carbocycles. The van der Waals surface area contributed by atoms with Gasteiger partial charge in [-0.15, -0.1) is 0 Å². The fraction of sp³-hybridized carbons (Fsp3) is 0.200. The number of aryl methyl sites for hydroxylation is 2. The maximum atomic E-state index is 12.8. The minimum atomic E-state index is -1.30. The number of hydrogen-bond acceptors (Lipinski definition) is 6. The largest absolute Gasteiger partial charge is 0.476 e. The van der Waals surface area contributed by atoms with Crippen molar-refractivity contribution in [2.75, 3.05) is 17.2 Å². The van der Waals surface area contributed by atoms with E-state index in [0.29, 0.717) is 29.1 Å². The number of nitrogens with zero attached hydrogens (tertiary/aromatic N) is 2. The van der Waals surface area contributed by atoms with Gasteiger partial charge < -0.3 is 20.3 Å². The van der Waals surface area contributed by atoms with Crippen LogP contribution >= 0.6 is 11.6 Å². The number of rotatable bonds is 6. The Hall–Kier alpha value is -3.59. The van der Waals surface area contributed by atoms with Crippen LogP contribution in [0.3, 0.4) is 0 Å². The van der Waals surface area contributed by atoms with Crippen LogP contribution in [0.2, 0.25) is 5.15 Å². The fourth-order valence-corrected chi connectivity index (χ4v) is 3.24. The number of pyridine rings is 1. The smallest absolute Gasteiger partial charge is 0.356 e. The van der Waals surface area contributed by atoms with Gasteiger partial charge in [-0.25, -0.2) is 9.78 Å². The minimum absolute atomic E-state index is 0.0536. The Morgan fingerprint density at radius 2 is 1.93 bits per heavy atom. The Bertz CT molecular complexity index is 1180. The van der Waals surface area contributed by atoms with Crippen molar-refractivity contribution < 1.29 is 19.2 Å². The highest BCUT2D eigenvalue weighted by Gasteiger charge is 2.22. The van der Waals surface area contributed by atoms with Gasteiger partial charge in [0.2, 0.25) is 0 Å². The molecular formula is C20H19ClN4O5. The average molecular weight is 431 g/mol. The third-order valence-electron chi connectivity index (χ3n) is 4.35. The number of halogens is 1. The molecule has 0 atom stereocenters. The first-order valence-corrected chi connectivity index (χ1v) is 9.37. The van der Waals surface area contributed by atoms with Gasteiger partial charge in [-0.05, 0) is 37.6 Å². The zero-order chi connectivity index (χ0) is 22.0. The van der Waals surface area contributed by atoms with E-state index in [1.165, 1.54) is 13.1 Å². The normalized spacial score (nSPS) is 10.7. The van der Waals surface area contributed by atoms with Gasteiger partial charge in [0.25, 0.3) is 11.5 Å². The predicted octanol–water partition coefficient (Wildman–Crippen LogP) is 3.38. The number of carboxylic acids is 1. The third kappa shape index (κ3) is 4.06. The lowest BCUT2D eigenvalue weighted by atomic mass is 10.1. The first kappa shape index (κ1) is 21.1. The fourth-order valence-electron chi connectivity index (χ4n) is 3.05. The molecule has 156 valence electrons. The molecule has 0 spiro atoms. The molecule has 0 saturated heterocycles. The number of hydrogen-bond donors (Lipinski definition) is 3. The highest BCUT2D eigenvalue weighted by molar-refractivity contribution is 6.30. The Morgan fingerprint density at radius 1 is 1.27 bits per heavy atom. The van der Waals surface area contributed by atoms with Crippen molar-refractivity contribution in [2.24, 2.45) is 7.05 Å². The Balaban J connectivity index is 1.91. The van der Waals surface area contributed by atoms with Crippen molar-refractivity contribution >= 4 is 34.9 Å². The van der Waals surface area contributed by atoms with Gasteiger partial charge in [0, 0.05) is 19.3 Å². The summed E-state index contributed by atoms with van der Waals surface area (Å²) < 4.78 is 6.44. The zero-order valence-electron chi connectivity index (χ0n) is 16.4. The summed E-state index contributed by atoms with van der Waals surface area (Å²) in [5.74, 6) is -1.37. The van der Waals surface area contributed by atoms with E-state index in [4.69, 9.17) is 16.1 Å². The van der Waals surface area contributed by atoms with Crippen LogP contribution in [0.1, 0.15) is 33.5 Å². The summed E-state index contributed by atoms with van der Waals surface area (Å²) in [6, 6.07) is 7.93. The van der Waals surface area contributed by atoms with Crippen LogP contribution in [0.25, 0.3) is 11.1 Å². The molecule has 0 bridgehead atoms. The molecule has 0 aliphatic heterocycles. The lowest BCUT2D eigenvalue weighted by Gasteiger charge is -2.14. The highest BCUT2D eigenvalue weighted by atomic mass is 35.5. The number of aromatic nitrogens is 2. The van der Waals surface area contributed by atoms with E-state index in [-0.39, 0.29) is 27.7 Å². The molecule has 30 heavy (non-hydrogen) atoms. The Labute approximate surface area is 176 Å². The van der Waals surface area contributed by atoms with E-state index < -0.39 is 11.9 Å². The molecule has 0 aliphatic rings. The molecule has 2 aromatic heterocycles. The monoisotopic (exact) mass is 430 g/mol. The Kier molecular flexibility index (Phi) is 5.93. The first-order valence-electron chi connectivity index (χ1n) is 8.99. The van der Waals surface area contributed by atoms with Gasteiger partial charge in [-0.2, -0.15) is 4.74 Å². The highest BCUT2D eigenvalue weighted by Crippen LogP contribution is 2.26. The van der Waals surface area contributed by atoms with Crippen molar-refractivity contribution in [3.63, 3.8) is 0 Å². The number of amides is 1. The van der Waals surface area contributed by atoms with Gasteiger partial charge in [0.1, 0.15) is 10.9 Å². The van der Waals surface area contributed by atoms with Crippen molar-refractivity contribution in [1.82, 2.24) is 9.72 Å². The van der Waals surface area contributed by atoms with Crippen LogP contribution < -0.4 is 16.2 Å². The number of anilines is 2. The van der Waals surface area contributed by atoms with Crippen LogP contribution in [-0.4, -0.2) is 33.3 Å². The number of carbonyl (C=O) groups is 2. The molecule has 1 amide bonds. The van der Waals surface area contributed by atoms with Gasteiger partial charge >= 0.3 is 5.97 Å². The third-order valence-corrected chi connectivity index (χ3v) is 4.54. The van der Waals surface area contributed by atoms with E-state index in [1.54, 1.807) is 38.1 Å². The van der Waals surface area contributed by atoms with Crippen LogP contribution in [0.15, 0.2) is 39.6 Å². The number of nitrogens with one attached hydrogen (secondary N) is 2. The maximum Gasteiger partial charge on any atom is 0.356 e. The van der Waals surface area contributed by atoms with Crippen molar-refractivity contribution in [3.05, 3.63) is 62.9 Å². The van der Waals surface area contributed by atoms with Crippen LogP contribution in [0, 0.1) is 6.92 Å². The topological polar surface area (TPSA) is 126 Å². The quantitative estimate of drug-likeness (QED) is 0.511.